The number of rotatable bonds is 7. The van der Waals surface area contributed by atoms with Crippen LogP contribution in [0, 0.1) is 0 Å². The van der Waals surface area contributed by atoms with Gasteiger partial charge in [-0.2, -0.15) is 5.10 Å². The summed E-state index contributed by atoms with van der Waals surface area (Å²) in [6.07, 6.45) is 8.17. The van der Waals surface area contributed by atoms with Gasteiger partial charge in [-0.1, -0.05) is 12.1 Å². The smallest absolute Gasteiger partial charge is 0.252 e. The van der Waals surface area contributed by atoms with Gasteiger partial charge in [0.2, 0.25) is 5.91 Å². The Morgan fingerprint density at radius 1 is 1.08 bits per heavy atom. The summed E-state index contributed by atoms with van der Waals surface area (Å²) in [5.74, 6) is 0.664. The molecule has 0 saturated carbocycles. The number of benzene rings is 1. The number of nitrogens with one attached hydrogen (secondary N) is 1. The summed E-state index contributed by atoms with van der Waals surface area (Å²) < 4.78 is 7.21. The molecule has 1 aromatic carbocycles. The number of carbonyl (C=O) groups excluding carboxylic acids is 2. The van der Waals surface area contributed by atoms with Crippen LogP contribution in [0.3, 0.4) is 0 Å². The van der Waals surface area contributed by atoms with E-state index in [9.17, 15) is 9.59 Å². The second-order valence-corrected chi connectivity index (χ2v) is 8.91. The average Bonchev–Trinajstić information content (AvgIpc) is 3.70. The number of pyridine rings is 2. The van der Waals surface area contributed by atoms with E-state index in [1.54, 1.807) is 40.5 Å². The number of carbonyl (C=O) groups is 2. The van der Waals surface area contributed by atoms with Gasteiger partial charge >= 0.3 is 0 Å². The number of anilines is 1. The molecule has 1 N–H and O–H groups in total. The Hall–Kier alpha value is -4.79. The summed E-state index contributed by atoms with van der Waals surface area (Å²) in [7, 11) is 0. The maximum Gasteiger partial charge on any atom is 0.252 e. The largest absolute Gasteiger partial charge is 0.467 e. The summed E-state index contributed by atoms with van der Waals surface area (Å²) in [4.78, 5) is 36.2. The Balaban J connectivity index is 1.28. The van der Waals surface area contributed by atoms with Gasteiger partial charge in [0, 0.05) is 43.2 Å². The van der Waals surface area contributed by atoms with Gasteiger partial charge in [-0.25, -0.2) is 9.67 Å². The highest BCUT2D eigenvalue weighted by Gasteiger charge is 2.22. The molecule has 1 aliphatic rings. The topological polar surface area (TPSA) is 106 Å². The Morgan fingerprint density at radius 3 is 2.70 bits per heavy atom. The van der Waals surface area contributed by atoms with Gasteiger partial charge in [-0.15, -0.1) is 0 Å². The fourth-order valence-corrected chi connectivity index (χ4v) is 4.56. The number of nitrogens with zero attached hydrogens (tertiary/aromatic N) is 5. The van der Waals surface area contributed by atoms with Crippen molar-refractivity contribution in [2.75, 3.05) is 11.4 Å². The summed E-state index contributed by atoms with van der Waals surface area (Å²) >= 11 is 0. The second-order valence-electron chi connectivity index (χ2n) is 8.91. The van der Waals surface area contributed by atoms with E-state index in [1.807, 2.05) is 48.5 Å². The van der Waals surface area contributed by atoms with E-state index in [1.165, 1.54) is 0 Å². The number of hydrogen-bond acceptors (Lipinski definition) is 6. The standard InChI is InChI=1S/C28H24N6O3/c35-26-6-2-12-33(26)21-9-7-19(8-10-21)15-30-28(36)23-14-25(20-4-1-11-29-16-20)32-27-24(23)17-31-34(27)18-22-5-3-13-37-22/h1,3-5,7-11,13-14,16-17H,2,6,12,15,18H2,(H,30,36). The number of aromatic nitrogens is 4. The van der Waals surface area contributed by atoms with E-state index >= 15 is 0 Å². The minimum absolute atomic E-state index is 0.153. The van der Waals surface area contributed by atoms with Crippen molar-refractivity contribution in [1.29, 1.82) is 0 Å². The van der Waals surface area contributed by atoms with Crippen LogP contribution in [-0.2, 0) is 17.9 Å². The normalized spacial score (nSPS) is 13.4. The van der Waals surface area contributed by atoms with Crippen LogP contribution in [0.1, 0.15) is 34.5 Å². The maximum absolute atomic E-state index is 13.4. The zero-order chi connectivity index (χ0) is 25.2. The van der Waals surface area contributed by atoms with Crippen molar-refractivity contribution in [3.63, 3.8) is 0 Å². The van der Waals surface area contributed by atoms with Gasteiger partial charge in [-0.05, 0) is 54.4 Å². The summed E-state index contributed by atoms with van der Waals surface area (Å²) in [5, 5.41) is 8.16. The Bertz CT molecular complexity index is 1560. The molecule has 4 aromatic heterocycles. The van der Waals surface area contributed by atoms with E-state index in [0.717, 1.165) is 35.5 Å². The molecule has 0 radical (unpaired) electrons. The second kappa shape index (κ2) is 9.69. The van der Waals surface area contributed by atoms with Crippen LogP contribution in [0.25, 0.3) is 22.3 Å². The van der Waals surface area contributed by atoms with Gasteiger partial charge < -0.3 is 14.6 Å². The lowest BCUT2D eigenvalue weighted by Crippen LogP contribution is -2.24. The van der Waals surface area contributed by atoms with E-state index < -0.39 is 0 Å². The fourth-order valence-electron chi connectivity index (χ4n) is 4.56. The molecule has 0 spiro atoms. The number of furan rings is 1. The first kappa shape index (κ1) is 22.7. The monoisotopic (exact) mass is 492 g/mol. The molecule has 0 aliphatic carbocycles. The van der Waals surface area contributed by atoms with Crippen LogP contribution in [0.5, 0.6) is 0 Å². The molecule has 9 heteroatoms. The van der Waals surface area contributed by atoms with Gasteiger partial charge in [0.05, 0.1) is 29.1 Å². The Morgan fingerprint density at radius 2 is 1.97 bits per heavy atom. The zero-order valence-electron chi connectivity index (χ0n) is 20.0. The first-order chi connectivity index (χ1) is 18.2. The first-order valence-corrected chi connectivity index (χ1v) is 12.1. The molecule has 1 saturated heterocycles. The Kier molecular flexibility index (Phi) is 5.94. The van der Waals surface area contributed by atoms with E-state index in [-0.39, 0.29) is 11.8 Å². The SMILES string of the molecule is O=C(NCc1ccc(N2CCCC2=O)cc1)c1cc(-c2cccnc2)nc2c1cnn2Cc1ccco1. The van der Waals surface area contributed by atoms with Crippen LogP contribution in [-0.4, -0.2) is 38.1 Å². The molecule has 5 heterocycles. The first-order valence-electron chi connectivity index (χ1n) is 12.1. The third-order valence-electron chi connectivity index (χ3n) is 6.47. The molecule has 2 amide bonds. The van der Waals surface area contributed by atoms with Crippen LogP contribution >= 0.6 is 0 Å². The fraction of sp³-hybridized carbons (Fsp3) is 0.179. The van der Waals surface area contributed by atoms with Crippen molar-refractivity contribution >= 4 is 28.5 Å². The summed E-state index contributed by atoms with van der Waals surface area (Å²) in [6, 6.07) is 16.9. The molecule has 1 aliphatic heterocycles. The highest BCUT2D eigenvalue weighted by molar-refractivity contribution is 6.06. The van der Waals surface area contributed by atoms with Crippen LogP contribution < -0.4 is 10.2 Å². The van der Waals surface area contributed by atoms with Gasteiger partial charge in [0.1, 0.15) is 12.3 Å². The third-order valence-corrected chi connectivity index (χ3v) is 6.47. The van der Waals surface area contributed by atoms with Gasteiger partial charge in [0.25, 0.3) is 5.91 Å². The van der Waals surface area contributed by atoms with E-state index in [0.29, 0.717) is 41.8 Å². The van der Waals surface area contributed by atoms with Gasteiger partial charge in [-0.3, -0.25) is 14.6 Å². The third kappa shape index (κ3) is 4.58. The lowest BCUT2D eigenvalue weighted by Gasteiger charge is -2.16. The van der Waals surface area contributed by atoms with Crippen molar-refractivity contribution in [3.8, 4) is 11.3 Å². The van der Waals surface area contributed by atoms with Crippen molar-refractivity contribution in [1.82, 2.24) is 25.1 Å². The lowest BCUT2D eigenvalue weighted by atomic mass is 10.1. The lowest BCUT2D eigenvalue weighted by molar-refractivity contribution is -0.117. The summed E-state index contributed by atoms with van der Waals surface area (Å²) in [5.41, 5.74) is 4.33. The molecule has 1 fully saturated rings. The highest BCUT2D eigenvalue weighted by Crippen LogP contribution is 2.26. The quantitative estimate of drug-likeness (QED) is 0.365. The minimum Gasteiger partial charge on any atom is -0.467 e. The highest BCUT2D eigenvalue weighted by atomic mass is 16.3. The number of amides is 2. The molecule has 0 unspecified atom stereocenters. The van der Waals surface area contributed by atoms with Crippen LogP contribution in [0.2, 0.25) is 0 Å². The molecule has 184 valence electrons. The van der Waals surface area contributed by atoms with E-state index in [4.69, 9.17) is 9.40 Å². The predicted molar refractivity (Wildman–Crippen MR) is 138 cm³/mol. The van der Waals surface area contributed by atoms with Crippen molar-refractivity contribution in [3.05, 3.63) is 96.3 Å². The Labute approximate surface area is 212 Å². The van der Waals surface area contributed by atoms with Gasteiger partial charge in [0.15, 0.2) is 5.65 Å². The van der Waals surface area contributed by atoms with Crippen molar-refractivity contribution in [2.24, 2.45) is 0 Å². The maximum atomic E-state index is 13.4. The zero-order valence-corrected chi connectivity index (χ0v) is 20.0. The molecule has 6 rings (SSSR count). The molecular formula is C28H24N6O3. The predicted octanol–water partition coefficient (Wildman–Crippen LogP) is 4.19. The average molecular weight is 493 g/mol. The molecular weight excluding hydrogens is 468 g/mol. The minimum atomic E-state index is -0.228. The van der Waals surface area contributed by atoms with Crippen molar-refractivity contribution < 1.29 is 14.0 Å². The molecule has 9 nitrogen and oxygen atoms in total. The van der Waals surface area contributed by atoms with Crippen LogP contribution in [0.15, 0.2) is 83.9 Å². The number of hydrogen-bond donors (Lipinski definition) is 1. The van der Waals surface area contributed by atoms with Crippen LogP contribution in [0.4, 0.5) is 5.69 Å². The molecule has 0 atom stereocenters. The molecule has 37 heavy (non-hydrogen) atoms. The van der Waals surface area contributed by atoms with E-state index in [2.05, 4.69) is 15.4 Å². The van der Waals surface area contributed by atoms with Crippen molar-refractivity contribution in [2.45, 2.75) is 25.9 Å². The molecule has 5 aromatic rings. The molecule has 0 bridgehead atoms. The summed E-state index contributed by atoms with van der Waals surface area (Å²) in [6.45, 7) is 1.49. The number of fused-ring (bicyclic) bond motifs is 1.